The Balaban J connectivity index is 1.75. The molecule has 2 amide bonds. The van der Waals surface area contributed by atoms with E-state index in [1.54, 1.807) is 43.1 Å². The van der Waals surface area contributed by atoms with Crippen molar-refractivity contribution in [2.45, 2.75) is 16.6 Å². The summed E-state index contributed by atoms with van der Waals surface area (Å²) in [6.45, 7) is 0. The number of thioether (sulfide) groups is 1. The maximum Gasteiger partial charge on any atom is 0.253 e. The second-order valence-corrected chi connectivity index (χ2v) is 6.28. The van der Waals surface area contributed by atoms with Gasteiger partial charge in [-0.1, -0.05) is 30.3 Å². The molecule has 0 aliphatic carbocycles. The van der Waals surface area contributed by atoms with Gasteiger partial charge in [-0.25, -0.2) is 0 Å². The summed E-state index contributed by atoms with van der Waals surface area (Å²) in [7, 11) is 1.57. The number of carbonyl (C=O) groups is 2. The fourth-order valence-electron chi connectivity index (χ4n) is 2.47. The molecule has 0 fully saturated rings. The van der Waals surface area contributed by atoms with Crippen LogP contribution in [0.3, 0.4) is 0 Å². The van der Waals surface area contributed by atoms with Crippen LogP contribution in [0, 0.1) is 0 Å². The zero-order chi connectivity index (χ0) is 15.5. The summed E-state index contributed by atoms with van der Waals surface area (Å²) in [4.78, 5) is 25.5. The average Bonchev–Trinajstić information content (AvgIpc) is 2.99. The molecule has 1 atom stereocenters. The van der Waals surface area contributed by atoms with Gasteiger partial charge in [-0.2, -0.15) is 0 Å². The summed E-state index contributed by atoms with van der Waals surface area (Å²) < 4.78 is 0. The summed E-state index contributed by atoms with van der Waals surface area (Å²) in [5.74, 6) is -0.282. The third kappa shape index (κ3) is 2.85. The second-order valence-electron chi connectivity index (χ2n) is 5.03. The number of carbonyl (C=O) groups excluding carboxylic acids is 2. The minimum absolute atomic E-state index is 0.0717. The highest BCUT2D eigenvalue weighted by Gasteiger charge is 2.28. The van der Waals surface area contributed by atoms with Crippen molar-refractivity contribution in [3.05, 3.63) is 59.7 Å². The van der Waals surface area contributed by atoms with E-state index < -0.39 is 0 Å². The number of anilines is 1. The average molecular weight is 312 g/mol. The lowest BCUT2D eigenvalue weighted by atomic mass is 10.1. The van der Waals surface area contributed by atoms with Crippen LogP contribution in [0.1, 0.15) is 15.9 Å². The van der Waals surface area contributed by atoms with Crippen LogP contribution in [-0.4, -0.2) is 24.1 Å². The van der Waals surface area contributed by atoms with Crippen molar-refractivity contribution in [1.82, 2.24) is 5.32 Å². The fraction of sp³-hybridized carbons (Fsp3) is 0.176. The third-order valence-corrected chi connectivity index (χ3v) is 4.91. The molecule has 1 heterocycles. The molecule has 2 N–H and O–H groups in total. The Bertz CT molecular complexity index is 705. The molecular weight excluding hydrogens is 296 g/mol. The zero-order valence-corrected chi connectivity index (χ0v) is 12.9. The molecule has 2 aromatic rings. The normalized spacial score (nSPS) is 16.0. The van der Waals surface area contributed by atoms with Crippen LogP contribution in [0.25, 0.3) is 0 Å². The SMILES string of the molecule is CNC(=O)c1ccccc1NC(=O)C1Cc2ccccc2S1. The molecule has 0 aromatic heterocycles. The van der Waals surface area contributed by atoms with Gasteiger partial charge in [0.05, 0.1) is 16.5 Å². The van der Waals surface area contributed by atoms with Crippen LogP contribution >= 0.6 is 11.8 Å². The lowest BCUT2D eigenvalue weighted by Crippen LogP contribution is -2.27. The van der Waals surface area contributed by atoms with Crippen LogP contribution in [0.5, 0.6) is 0 Å². The molecule has 3 rings (SSSR count). The predicted molar refractivity (Wildman–Crippen MR) is 88.3 cm³/mol. The van der Waals surface area contributed by atoms with Gasteiger partial charge in [0.2, 0.25) is 5.91 Å². The third-order valence-electron chi connectivity index (χ3n) is 3.60. The first kappa shape index (κ1) is 14.7. The Labute approximate surface area is 133 Å². The second kappa shape index (κ2) is 6.23. The summed E-state index contributed by atoms with van der Waals surface area (Å²) in [6, 6.07) is 15.1. The van der Waals surface area contributed by atoms with Gasteiger partial charge in [-0.3, -0.25) is 9.59 Å². The van der Waals surface area contributed by atoms with Gasteiger partial charge in [-0.15, -0.1) is 11.8 Å². The minimum atomic E-state index is -0.210. The molecule has 0 saturated heterocycles. The van der Waals surface area contributed by atoms with E-state index in [4.69, 9.17) is 0 Å². The van der Waals surface area contributed by atoms with E-state index in [2.05, 4.69) is 10.6 Å². The van der Waals surface area contributed by atoms with E-state index in [1.165, 1.54) is 5.56 Å². The maximum absolute atomic E-state index is 12.5. The van der Waals surface area contributed by atoms with Crippen molar-refractivity contribution in [3.8, 4) is 0 Å². The van der Waals surface area contributed by atoms with Gasteiger partial charge in [0.1, 0.15) is 0 Å². The number of hydrogen-bond donors (Lipinski definition) is 2. The number of rotatable bonds is 3. The monoisotopic (exact) mass is 312 g/mol. The molecule has 0 spiro atoms. The number of amides is 2. The van der Waals surface area contributed by atoms with E-state index in [0.717, 1.165) is 11.3 Å². The fourth-order valence-corrected chi connectivity index (χ4v) is 3.66. The molecule has 2 aromatic carbocycles. The van der Waals surface area contributed by atoms with E-state index >= 15 is 0 Å². The Hall–Kier alpha value is -2.27. The molecule has 0 bridgehead atoms. The van der Waals surface area contributed by atoms with Gasteiger partial charge in [0, 0.05) is 11.9 Å². The number of nitrogens with one attached hydrogen (secondary N) is 2. The van der Waals surface area contributed by atoms with Crippen LogP contribution in [0.4, 0.5) is 5.69 Å². The Kier molecular flexibility index (Phi) is 4.15. The van der Waals surface area contributed by atoms with Gasteiger partial charge in [0.25, 0.3) is 5.91 Å². The number of benzene rings is 2. The molecule has 1 aliphatic rings. The van der Waals surface area contributed by atoms with E-state index in [1.807, 2.05) is 24.3 Å². The first-order valence-corrected chi connectivity index (χ1v) is 7.93. The number of para-hydroxylation sites is 1. The molecule has 4 nitrogen and oxygen atoms in total. The number of fused-ring (bicyclic) bond motifs is 1. The highest BCUT2D eigenvalue weighted by molar-refractivity contribution is 8.01. The molecule has 5 heteroatoms. The Morgan fingerprint density at radius 1 is 1.09 bits per heavy atom. The van der Waals surface area contributed by atoms with Crippen molar-refractivity contribution in [1.29, 1.82) is 0 Å². The summed E-state index contributed by atoms with van der Waals surface area (Å²) in [6.07, 6.45) is 0.717. The standard InChI is InChI=1S/C17H16N2O2S/c1-18-16(20)12-7-3-4-8-13(12)19-17(21)15-10-11-6-2-5-9-14(11)22-15/h2-9,15H,10H2,1H3,(H,18,20)(H,19,21). The summed E-state index contributed by atoms with van der Waals surface area (Å²) in [5, 5.41) is 5.31. The maximum atomic E-state index is 12.5. The highest BCUT2D eigenvalue weighted by Crippen LogP contribution is 2.37. The van der Waals surface area contributed by atoms with Gasteiger partial charge < -0.3 is 10.6 Å². The molecule has 22 heavy (non-hydrogen) atoms. The highest BCUT2D eigenvalue weighted by atomic mass is 32.2. The van der Waals surface area contributed by atoms with E-state index in [-0.39, 0.29) is 17.1 Å². The summed E-state index contributed by atoms with van der Waals surface area (Å²) >= 11 is 1.57. The largest absolute Gasteiger partial charge is 0.355 e. The van der Waals surface area contributed by atoms with Crippen molar-refractivity contribution in [2.24, 2.45) is 0 Å². The van der Waals surface area contributed by atoms with E-state index in [9.17, 15) is 9.59 Å². The van der Waals surface area contributed by atoms with Crippen LogP contribution in [-0.2, 0) is 11.2 Å². The lowest BCUT2D eigenvalue weighted by Gasteiger charge is -2.13. The minimum Gasteiger partial charge on any atom is -0.355 e. The van der Waals surface area contributed by atoms with Crippen molar-refractivity contribution in [3.63, 3.8) is 0 Å². The van der Waals surface area contributed by atoms with Crippen LogP contribution in [0.15, 0.2) is 53.4 Å². The number of hydrogen-bond acceptors (Lipinski definition) is 3. The first-order valence-electron chi connectivity index (χ1n) is 7.05. The molecule has 1 aliphatic heterocycles. The molecule has 0 saturated carbocycles. The van der Waals surface area contributed by atoms with Gasteiger partial charge in [-0.05, 0) is 30.2 Å². The van der Waals surface area contributed by atoms with Crippen molar-refractivity contribution >= 4 is 29.3 Å². The van der Waals surface area contributed by atoms with Gasteiger partial charge in [0.15, 0.2) is 0 Å². The predicted octanol–water partition coefficient (Wildman–Crippen LogP) is 2.70. The molecule has 1 unspecified atom stereocenters. The van der Waals surface area contributed by atoms with Crippen LogP contribution < -0.4 is 10.6 Å². The first-order chi connectivity index (χ1) is 10.7. The van der Waals surface area contributed by atoms with E-state index in [0.29, 0.717) is 11.3 Å². The molecular formula is C17H16N2O2S. The Morgan fingerprint density at radius 3 is 2.59 bits per heavy atom. The van der Waals surface area contributed by atoms with Crippen molar-refractivity contribution < 1.29 is 9.59 Å². The quantitative estimate of drug-likeness (QED) is 0.916. The molecule has 0 radical (unpaired) electrons. The summed E-state index contributed by atoms with van der Waals surface area (Å²) in [5.41, 5.74) is 2.22. The van der Waals surface area contributed by atoms with Crippen LogP contribution in [0.2, 0.25) is 0 Å². The molecule has 112 valence electrons. The van der Waals surface area contributed by atoms with Gasteiger partial charge >= 0.3 is 0 Å². The topological polar surface area (TPSA) is 58.2 Å². The zero-order valence-electron chi connectivity index (χ0n) is 12.1. The smallest absolute Gasteiger partial charge is 0.253 e. The van der Waals surface area contributed by atoms with Crippen molar-refractivity contribution in [2.75, 3.05) is 12.4 Å². The lowest BCUT2D eigenvalue weighted by molar-refractivity contribution is -0.115. The Morgan fingerprint density at radius 2 is 1.82 bits per heavy atom.